The maximum atomic E-state index is 11.2. The molecule has 0 saturated carbocycles. The van der Waals surface area contributed by atoms with Gasteiger partial charge in [-0.15, -0.1) is 0 Å². The van der Waals surface area contributed by atoms with Crippen LogP contribution in [0, 0.1) is 0 Å². The molecule has 0 atom stereocenters. The highest BCUT2D eigenvalue weighted by molar-refractivity contribution is 7.91. The van der Waals surface area contributed by atoms with Gasteiger partial charge in [0.1, 0.15) is 5.75 Å². The lowest BCUT2D eigenvalue weighted by Gasteiger charge is -2.05. The molecule has 7 heteroatoms. The number of carbonyl (C=O) groups is 2. The SMILES string of the molecule is CCCCCNCC(=O)NC(=O)CS(C)(=O)=O. The number of sulfone groups is 1. The first-order chi connectivity index (χ1) is 7.85. The zero-order valence-electron chi connectivity index (χ0n) is 10.3. The van der Waals surface area contributed by atoms with Gasteiger partial charge in [0.2, 0.25) is 11.8 Å². The number of imide groups is 1. The van der Waals surface area contributed by atoms with E-state index in [1.54, 1.807) is 0 Å². The standard InChI is InChI=1S/C10H20N2O4S/c1-3-4-5-6-11-7-9(13)12-10(14)8-17(2,15)16/h11H,3-8H2,1-2H3,(H,12,13,14). The van der Waals surface area contributed by atoms with Crippen LogP contribution in [0.1, 0.15) is 26.2 Å². The molecule has 0 spiro atoms. The van der Waals surface area contributed by atoms with Crippen LogP contribution in [0.25, 0.3) is 0 Å². The molecular weight excluding hydrogens is 244 g/mol. The minimum absolute atomic E-state index is 0.0270. The summed E-state index contributed by atoms with van der Waals surface area (Å²) in [5, 5.41) is 4.88. The topological polar surface area (TPSA) is 92.3 Å². The van der Waals surface area contributed by atoms with Gasteiger partial charge in [-0.05, 0) is 13.0 Å². The van der Waals surface area contributed by atoms with Gasteiger partial charge in [0, 0.05) is 6.26 Å². The second-order valence-electron chi connectivity index (χ2n) is 3.93. The van der Waals surface area contributed by atoms with Crippen molar-refractivity contribution in [2.45, 2.75) is 26.2 Å². The molecule has 0 aliphatic heterocycles. The summed E-state index contributed by atoms with van der Waals surface area (Å²) in [4.78, 5) is 22.2. The average molecular weight is 264 g/mol. The lowest BCUT2D eigenvalue weighted by atomic mass is 10.2. The van der Waals surface area contributed by atoms with Gasteiger partial charge in [-0.2, -0.15) is 0 Å². The molecule has 0 aromatic heterocycles. The first-order valence-electron chi connectivity index (χ1n) is 5.56. The number of nitrogens with one attached hydrogen (secondary N) is 2. The van der Waals surface area contributed by atoms with Crippen LogP contribution in [-0.2, 0) is 19.4 Å². The number of amides is 2. The van der Waals surface area contributed by atoms with Gasteiger partial charge in [0.05, 0.1) is 6.54 Å². The van der Waals surface area contributed by atoms with Gasteiger partial charge in [0.15, 0.2) is 9.84 Å². The maximum absolute atomic E-state index is 11.2. The van der Waals surface area contributed by atoms with Crippen LogP contribution in [0.2, 0.25) is 0 Å². The van der Waals surface area contributed by atoms with Crippen molar-refractivity contribution in [3.8, 4) is 0 Å². The van der Waals surface area contributed by atoms with E-state index in [1.165, 1.54) is 0 Å². The fraction of sp³-hybridized carbons (Fsp3) is 0.800. The van der Waals surface area contributed by atoms with E-state index in [9.17, 15) is 18.0 Å². The highest BCUT2D eigenvalue weighted by Crippen LogP contribution is 1.90. The minimum Gasteiger partial charge on any atom is -0.308 e. The molecule has 0 radical (unpaired) electrons. The third-order valence-electron chi connectivity index (χ3n) is 1.91. The molecule has 0 aliphatic rings. The molecular formula is C10H20N2O4S. The second-order valence-corrected chi connectivity index (χ2v) is 6.07. The number of unbranched alkanes of at least 4 members (excludes halogenated alkanes) is 2. The highest BCUT2D eigenvalue weighted by Gasteiger charge is 2.13. The number of hydrogen-bond donors (Lipinski definition) is 2. The number of carbonyl (C=O) groups excluding carboxylic acids is 2. The van der Waals surface area contributed by atoms with Crippen molar-refractivity contribution >= 4 is 21.7 Å². The molecule has 0 fully saturated rings. The molecule has 2 N–H and O–H groups in total. The third-order valence-corrected chi connectivity index (χ3v) is 2.70. The summed E-state index contributed by atoms with van der Waals surface area (Å²) in [6.45, 7) is 2.82. The molecule has 100 valence electrons. The molecule has 0 aromatic rings. The molecule has 0 unspecified atom stereocenters. The monoisotopic (exact) mass is 264 g/mol. The summed E-state index contributed by atoms with van der Waals surface area (Å²) in [6, 6.07) is 0. The Morgan fingerprint density at radius 3 is 2.29 bits per heavy atom. The lowest BCUT2D eigenvalue weighted by Crippen LogP contribution is -2.40. The van der Waals surface area contributed by atoms with Crippen molar-refractivity contribution in [3.05, 3.63) is 0 Å². The number of rotatable bonds is 8. The fourth-order valence-corrected chi connectivity index (χ4v) is 1.72. The Kier molecular flexibility index (Phi) is 7.73. The molecule has 0 heterocycles. The third kappa shape index (κ3) is 11.3. The van der Waals surface area contributed by atoms with Crippen LogP contribution in [0.4, 0.5) is 0 Å². The van der Waals surface area contributed by atoms with Gasteiger partial charge < -0.3 is 5.32 Å². The number of hydrogen-bond acceptors (Lipinski definition) is 5. The van der Waals surface area contributed by atoms with Crippen molar-refractivity contribution in [1.82, 2.24) is 10.6 Å². The molecule has 0 aromatic carbocycles. The van der Waals surface area contributed by atoms with Crippen LogP contribution >= 0.6 is 0 Å². The summed E-state index contributed by atoms with van der Waals surface area (Å²) in [5.41, 5.74) is 0. The molecule has 2 amide bonds. The summed E-state index contributed by atoms with van der Waals surface area (Å²) < 4.78 is 21.5. The van der Waals surface area contributed by atoms with E-state index in [-0.39, 0.29) is 6.54 Å². The van der Waals surface area contributed by atoms with Crippen molar-refractivity contribution in [3.63, 3.8) is 0 Å². The first-order valence-corrected chi connectivity index (χ1v) is 7.62. The molecule has 0 aliphatic carbocycles. The smallest absolute Gasteiger partial charge is 0.241 e. The van der Waals surface area contributed by atoms with E-state index < -0.39 is 27.4 Å². The predicted molar refractivity (Wildman–Crippen MR) is 65.3 cm³/mol. The summed E-state index contributed by atoms with van der Waals surface area (Å²) in [6.07, 6.45) is 4.10. The predicted octanol–water partition coefficient (Wildman–Crippen LogP) is -0.546. The van der Waals surface area contributed by atoms with Crippen LogP contribution in [-0.4, -0.2) is 45.3 Å². The minimum atomic E-state index is -3.39. The Morgan fingerprint density at radius 2 is 1.76 bits per heavy atom. The molecule has 0 rings (SSSR count). The van der Waals surface area contributed by atoms with E-state index in [4.69, 9.17) is 0 Å². The van der Waals surface area contributed by atoms with Crippen LogP contribution in [0.5, 0.6) is 0 Å². The average Bonchev–Trinajstić information content (AvgIpc) is 2.14. The maximum Gasteiger partial charge on any atom is 0.241 e. The van der Waals surface area contributed by atoms with Gasteiger partial charge in [-0.3, -0.25) is 14.9 Å². The van der Waals surface area contributed by atoms with E-state index >= 15 is 0 Å². The Bertz CT molecular complexity index is 351. The lowest BCUT2D eigenvalue weighted by molar-refractivity contribution is -0.128. The summed E-state index contributed by atoms with van der Waals surface area (Å²) in [7, 11) is -3.39. The highest BCUT2D eigenvalue weighted by atomic mass is 32.2. The van der Waals surface area contributed by atoms with E-state index in [0.29, 0.717) is 6.54 Å². The molecule has 0 bridgehead atoms. The zero-order chi connectivity index (χ0) is 13.3. The molecule has 6 nitrogen and oxygen atoms in total. The largest absolute Gasteiger partial charge is 0.308 e. The van der Waals surface area contributed by atoms with Crippen molar-refractivity contribution < 1.29 is 18.0 Å². The van der Waals surface area contributed by atoms with Crippen molar-refractivity contribution in [2.24, 2.45) is 0 Å². The normalized spacial score (nSPS) is 11.2. The first kappa shape index (κ1) is 16.1. The van der Waals surface area contributed by atoms with Crippen LogP contribution in [0.15, 0.2) is 0 Å². The second kappa shape index (κ2) is 8.19. The van der Waals surface area contributed by atoms with E-state index in [0.717, 1.165) is 25.5 Å². The Labute approximate surface area is 102 Å². The molecule has 0 saturated heterocycles. The van der Waals surface area contributed by atoms with E-state index in [1.807, 2.05) is 5.32 Å². The Morgan fingerprint density at radius 1 is 1.12 bits per heavy atom. The summed E-state index contributed by atoms with van der Waals surface area (Å²) in [5.74, 6) is -1.95. The van der Waals surface area contributed by atoms with Gasteiger partial charge in [0.25, 0.3) is 0 Å². The van der Waals surface area contributed by atoms with Gasteiger partial charge in [-0.25, -0.2) is 8.42 Å². The van der Waals surface area contributed by atoms with Crippen LogP contribution in [0.3, 0.4) is 0 Å². The molecule has 17 heavy (non-hydrogen) atoms. The van der Waals surface area contributed by atoms with Gasteiger partial charge in [-0.1, -0.05) is 19.8 Å². The van der Waals surface area contributed by atoms with E-state index in [2.05, 4.69) is 12.2 Å². The summed E-state index contributed by atoms with van der Waals surface area (Å²) >= 11 is 0. The Hall–Kier alpha value is -0.950. The fourth-order valence-electron chi connectivity index (χ4n) is 1.18. The van der Waals surface area contributed by atoms with Crippen molar-refractivity contribution in [1.29, 1.82) is 0 Å². The quantitative estimate of drug-likeness (QED) is 0.574. The van der Waals surface area contributed by atoms with Gasteiger partial charge >= 0.3 is 0 Å². The Balaban J connectivity index is 3.69. The zero-order valence-corrected chi connectivity index (χ0v) is 11.1. The van der Waals surface area contributed by atoms with Crippen molar-refractivity contribution in [2.75, 3.05) is 25.1 Å². The van der Waals surface area contributed by atoms with Crippen LogP contribution < -0.4 is 10.6 Å².